The molecule has 0 bridgehead atoms. The fourth-order valence-electron chi connectivity index (χ4n) is 1.82. The van der Waals surface area contributed by atoms with E-state index in [1.165, 1.54) is 11.1 Å². The van der Waals surface area contributed by atoms with E-state index in [0.29, 0.717) is 6.42 Å². The first-order valence-electron chi connectivity index (χ1n) is 5.82. The molecule has 2 nitrogen and oxygen atoms in total. The predicted molar refractivity (Wildman–Crippen MR) is 68.1 cm³/mol. The summed E-state index contributed by atoms with van der Waals surface area (Å²) in [6.07, 6.45) is 1.53. The first kappa shape index (κ1) is 12.9. The highest BCUT2D eigenvalue weighted by atomic mass is 16.1. The molecule has 1 aromatic rings. The topological polar surface area (TPSA) is 29.1 Å². The largest absolute Gasteiger partial charge is 0.320 e. The van der Waals surface area contributed by atoms with Gasteiger partial charge in [0, 0.05) is 12.0 Å². The van der Waals surface area contributed by atoms with Gasteiger partial charge in [0.2, 0.25) is 0 Å². The van der Waals surface area contributed by atoms with Crippen molar-refractivity contribution in [3.05, 3.63) is 34.4 Å². The third-order valence-electron chi connectivity index (χ3n) is 3.19. The molecule has 1 aromatic carbocycles. The van der Waals surface area contributed by atoms with Crippen LogP contribution in [0.1, 0.15) is 39.9 Å². The zero-order valence-corrected chi connectivity index (χ0v) is 10.7. The maximum absolute atomic E-state index is 12.0. The summed E-state index contributed by atoms with van der Waals surface area (Å²) in [5, 5.41) is 3.06. The molecule has 0 unspecified atom stereocenters. The van der Waals surface area contributed by atoms with Crippen molar-refractivity contribution in [3.8, 4) is 0 Å². The smallest absolute Gasteiger partial charge is 0.163 e. The second kappa shape index (κ2) is 5.80. The van der Waals surface area contributed by atoms with E-state index >= 15 is 0 Å². The van der Waals surface area contributed by atoms with Crippen LogP contribution in [0.15, 0.2) is 12.1 Å². The molecule has 0 heterocycles. The maximum atomic E-state index is 12.0. The van der Waals surface area contributed by atoms with Crippen molar-refractivity contribution in [2.75, 3.05) is 13.6 Å². The molecular formula is C14H21NO. The summed E-state index contributed by atoms with van der Waals surface area (Å²) >= 11 is 0. The summed E-state index contributed by atoms with van der Waals surface area (Å²) in [4.78, 5) is 12.0. The molecule has 0 aliphatic carbocycles. The van der Waals surface area contributed by atoms with Crippen LogP contribution in [0.5, 0.6) is 0 Å². The van der Waals surface area contributed by atoms with Crippen LogP contribution in [0.25, 0.3) is 0 Å². The highest BCUT2D eigenvalue weighted by Gasteiger charge is 2.10. The first-order chi connectivity index (χ1) is 7.57. The van der Waals surface area contributed by atoms with Crippen molar-refractivity contribution in [2.24, 2.45) is 0 Å². The third kappa shape index (κ3) is 2.92. The van der Waals surface area contributed by atoms with Crippen LogP contribution in [0, 0.1) is 20.8 Å². The molecular weight excluding hydrogens is 198 g/mol. The van der Waals surface area contributed by atoms with Gasteiger partial charge >= 0.3 is 0 Å². The van der Waals surface area contributed by atoms with Gasteiger partial charge in [-0.05, 0) is 57.5 Å². The van der Waals surface area contributed by atoms with Gasteiger partial charge in [0.15, 0.2) is 5.78 Å². The molecule has 0 aliphatic rings. The number of ketones is 1. The van der Waals surface area contributed by atoms with Gasteiger partial charge in [-0.15, -0.1) is 0 Å². The van der Waals surface area contributed by atoms with Crippen molar-refractivity contribution >= 4 is 5.78 Å². The fourth-order valence-corrected chi connectivity index (χ4v) is 1.82. The van der Waals surface area contributed by atoms with Crippen molar-refractivity contribution in [1.82, 2.24) is 5.32 Å². The molecule has 88 valence electrons. The fraction of sp³-hybridized carbons (Fsp3) is 0.500. The molecule has 1 N–H and O–H groups in total. The minimum Gasteiger partial charge on any atom is -0.320 e. The van der Waals surface area contributed by atoms with E-state index in [9.17, 15) is 4.79 Å². The highest BCUT2D eigenvalue weighted by molar-refractivity contribution is 5.97. The first-order valence-corrected chi connectivity index (χ1v) is 5.82. The summed E-state index contributed by atoms with van der Waals surface area (Å²) < 4.78 is 0. The van der Waals surface area contributed by atoms with Crippen LogP contribution in [-0.2, 0) is 0 Å². The second-order valence-electron chi connectivity index (χ2n) is 4.31. The second-order valence-corrected chi connectivity index (χ2v) is 4.31. The number of carbonyl (C=O) groups excluding carboxylic acids is 1. The summed E-state index contributed by atoms with van der Waals surface area (Å²) in [5.41, 5.74) is 4.51. The van der Waals surface area contributed by atoms with Crippen molar-refractivity contribution in [1.29, 1.82) is 0 Å². The van der Waals surface area contributed by atoms with Gasteiger partial charge in [0.05, 0.1) is 0 Å². The zero-order chi connectivity index (χ0) is 12.1. The Morgan fingerprint density at radius 2 is 1.88 bits per heavy atom. The lowest BCUT2D eigenvalue weighted by atomic mass is 9.95. The molecule has 2 heteroatoms. The Kier molecular flexibility index (Phi) is 4.69. The quantitative estimate of drug-likeness (QED) is 0.609. The molecule has 0 saturated heterocycles. The van der Waals surface area contributed by atoms with Crippen molar-refractivity contribution in [3.63, 3.8) is 0 Å². The molecule has 0 amide bonds. The monoisotopic (exact) mass is 219 g/mol. The van der Waals surface area contributed by atoms with Crippen LogP contribution in [0.3, 0.4) is 0 Å². The summed E-state index contributed by atoms with van der Waals surface area (Å²) in [6, 6.07) is 3.99. The maximum Gasteiger partial charge on any atom is 0.163 e. The number of hydrogen-bond donors (Lipinski definition) is 1. The SMILES string of the molecule is CNCCCC(=O)c1ccc(C)c(C)c1C. The van der Waals surface area contributed by atoms with E-state index in [4.69, 9.17) is 0 Å². The molecule has 0 aliphatic heterocycles. The molecule has 0 radical (unpaired) electrons. The Bertz CT molecular complexity index is 383. The number of carbonyl (C=O) groups is 1. The average molecular weight is 219 g/mol. The molecule has 0 saturated carbocycles. The van der Waals surface area contributed by atoms with Crippen molar-refractivity contribution < 1.29 is 4.79 Å². The lowest BCUT2D eigenvalue weighted by Gasteiger charge is -2.10. The Balaban J connectivity index is 2.80. The zero-order valence-electron chi connectivity index (χ0n) is 10.7. The Morgan fingerprint density at radius 3 is 2.50 bits per heavy atom. The highest BCUT2D eigenvalue weighted by Crippen LogP contribution is 2.18. The lowest BCUT2D eigenvalue weighted by molar-refractivity contribution is 0.0979. The van der Waals surface area contributed by atoms with E-state index in [-0.39, 0.29) is 5.78 Å². The molecule has 0 spiro atoms. The van der Waals surface area contributed by atoms with E-state index in [1.807, 2.05) is 26.1 Å². The summed E-state index contributed by atoms with van der Waals surface area (Å²) in [7, 11) is 1.91. The molecule has 1 rings (SSSR count). The number of nitrogens with one attached hydrogen (secondary N) is 1. The van der Waals surface area contributed by atoms with Gasteiger partial charge in [-0.2, -0.15) is 0 Å². The van der Waals surface area contributed by atoms with E-state index < -0.39 is 0 Å². The molecule has 0 fully saturated rings. The average Bonchev–Trinajstić information content (AvgIpc) is 2.26. The number of rotatable bonds is 5. The van der Waals surface area contributed by atoms with Gasteiger partial charge in [-0.25, -0.2) is 0 Å². The number of hydrogen-bond acceptors (Lipinski definition) is 2. The third-order valence-corrected chi connectivity index (χ3v) is 3.19. The van der Waals surface area contributed by atoms with E-state index in [1.54, 1.807) is 0 Å². The minimum absolute atomic E-state index is 0.260. The lowest BCUT2D eigenvalue weighted by Crippen LogP contribution is -2.11. The van der Waals surface area contributed by atoms with Gasteiger partial charge < -0.3 is 5.32 Å². The van der Waals surface area contributed by atoms with E-state index in [0.717, 1.165) is 24.1 Å². The van der Waals surface area contributed by atoms with Gasteiger partial charge in [0.1, 0.15) is 0 Å². The normalized spacial score (nSPS) is 10.5. The minimum atomic E-state index is 0.260. The number of benzene rings is 1. The van der Waals surface area contributed by atoms with Crippen molar-refractivity contribution in [2.45, 2.75) is 33.6 Å². The predicted octanol–water partition coefficient (Wildman–Crippen LogP) is 2.79. The Labute approximate surface area is 98.1 Å². The molecule has 0 atom stereocenters. The van der Waals surface area contributed by atoms with Gasteiger partial charge in [-0.3, -0.25) is 4.79 Å². The van der Waals surface area contributed by atoms with Crippen LogP contribution >= 0.6 is 0 Å². The standard InChI is InChI=1S/C14H21NO/c1-10-7-8-13(12(3)11(10)2)14(16)6-5-9-15-4/h7-8,15H,5-6,9H2,1-4H3. The Morgan fingerprint density at radius 1 is 1.19 bits per heavy atom. The Hall–Kier alpha value is -1.15. The van der Waals surface area contributed by atoms with Crippen LogP contribution in [-0.4, -0.2) is 19.4 Å². The number of aryl methyl sites for hydroxylation is 1. The summed E-state index contributed by atoms with van der Waals surface area (Å²) in [6.45, 7) is 7.09. The van der Waals surface area contributed by atoms with Gasteiger partial charge in [0.25, 0.3) is 0 Å². The molecule has 16 heavy (non-hydrogen) atoms. The number of Topliss-reactive ketones (excluding diaryl/α,β-unsaturated/α-hetero) is 1. The van der Waals surface area contributed by atoms with Crippen LogP contribution in [0.4, 0.5) is 0 Å². The van der Waals surface area contributed by atoms with Gasteiger partial charge in [-0.1, -0.05) is 12.1 Å². The molecule has 0 aromatic heterocycles. The van der Waals surface area contributed by atoms with E-state index in [2.05, 4.69) is 19.2 Å². The van der Waals surface area contributed by atoms with Crippen LogP contribution < -0.4 is 5.32 Å². The van der Waals surface area contributed by atoms with Crippen LogP contribution in [0.2, 0.25) is 0 Å². The summed E-state index contributed by atoms with van der Waals surface area (Å²) in [5.74, 6) is 0.260.